The molecule has 1 heterocycles. The molecule has 1 amide bonds. The molecule has 0 fully saturated rings. The van der Waals surface area contributed by atoms with Crippen molar-refractivity contribution in [2.24, 2.45) is 5.84 Å². The first kappa shape index (κ1) is 16.2. The standard InChI is InChI=1S/C14H16BrN5O2/c1-3-22-10-5-4-8(15)6-9(10)12-11(13(21)20-17)7(2)18-14(16)19-12/h4-6H,3,17H2,1-2H3,(H,20,21)(H2,16,18,19). The fraction of sp³-hybridized carbons (Fsp3) is 0.214. The van der Waals surface area contributed by atoms with Crippen molar-refractivity contribution in [2.75, 3.05) is 12.3 Å². The minimum Gasteiger partial charge on any atom is -0.493 e. The summed E-state index contributed by atoms with van der Waals surface area (Å²) in [6.07, 6.45) is 0. The van der Waals surface area contributed by atoms with E-state index in [0.29, 0.717) is 29.3 Å². The molecule has 7 nitrogen and oxygen atoms in total. The second-order valence-electron chi connectivity index (χ2n) is 4.44. The number of aryl methyl sites for hydroxylation is 1. The molecule has 8 heteroatoms. The fourth-order valence-electron chi connectivity index (χ4n) is 2.10. The summed E-state index contributed by atoms with van der Waals surface area (Å²) in [5.41, 5.74) is 9.54. The Balaban J connectivity index is 2.76. The lowest BCUT2D eigenvalue weighted by atomic mass is 10.0. The van der Waals surface area contributed by atoms with Crippen molar-refractivity contribution >= 4 is 27.8 Å². The van der Waals surface area contributed by atoms with E-state index in [1.165, 1.54) is 0 Å². The number of nitrogen functional groups attached to an aromatic ring is 2. The van der Waals surface area contributed by atoms with E-state index in [0.717, 1.165) is 4.47 Å². The van der Waals surface area contributed by atoms with Gasteiger partial charge in [0.2, 0.25) is 5.95 Å². The Hall–Kier alpha value is -2.19. The van der Waals surface area contributed by atoms with Gasteiger partial charge in [0.25, 0.3) is 5.91 Å². The molecule has 1 aromatic heterocycles. The Kier molecular flexibility index (Phi) is 4.94. The number of benzene rings is 1. The van der Waals surface area contributed by atoms with Crippen molar-refractivity contribution in [1.82, 2.24) is 15.4 Å². The Morgan fingerprint density at radius 2 is 2.14 bits per heavy atom. The number of rotatable bonds is 4. The quantitative estimate of drug-likeness (QED) is 0.432. The summed E-state index contributed by atoms with van der Waals surface area (Å²) in [4.78, 5) is 20.3. The normalized spacial score (nSPS) is 10.4. The van der Waals surface area contributed by atoms with Crippen LogP contribution >= 0.6 is 15.9 Å². The Bertz CT molecular complexity index is 721. The molecule has 116 valence electrons. The van der Waals surface area contributed by atoms with Crippen molar-refractivity contribution in [3.8, 4) is 17.0 Å². The van der Waals surface area contributed by atoms with Gasteiger partial charge in [-0.05, 0) is 32.0 Å². The molecule has 0 aliphatic rings. The first-order chi connectivity index (χ1) is 10.5. The highest BCUT2D eigenvalue weighted by Gasteiger charge is 2.21. The Morgan fingerprint density at radius 1 is 1.41 bits per heavy atom. The summed E-state index contributed by atoms with van der Waals surface area (Å²) in [6, 6.07) is 5.44. The van der Waals surface area contributed by atoms with Crippen LogP contribution in [-0.2, 0) is 0 Å². The van der Waals surface area contributed by atoms with E-state index in [2.05, 4.69) is 31.3 Å². The van der Waals surface area contributed by atoms with E-state index in [9.17, 15) is 4.79 Å². The summed E-state index contributed by atoms with van der Waals surface area (Å²) in [5, 5.41) is 0. The van der Waals surface area contributed by atoms with Crippen molar-refractivity contribution in [3.63, 3.8) is 0 Å². The summed E-state index contributed by atoms with van der Waals surface area (Å²) >= 11 is 3.40. The number of nitrogens with two attached hydrogens (primary N) is 2. The van der Waals surface area contributed by atoms with E-state index < -0.39 is 5.91 Å². The number of ether oxygens (including phenoxy) is 1. The second-order valence-corrected chi connectivity index (χ2v) is 5.35. The fourth-order valence-corrected chi connectivity index (χ4v) is 2.46. The van der Waals surface area contributed by atoms with E-state index in [1.54, 1.807) is 19.1 Å². The van der Waals surface area contributed by atoms with Gasteiger partial charge in [-0.3, -0.25) is 10.2 Å². The SMILES string of the molecule is CCOc1ccc(Br)cc1-c1nc(N)nc(C)c1C(=O)NN. The summed E-state index contributed by atoms with van der Waals surface area (Å²) in [6.45, 7) is 4.02. The molecule has 0 unspecified atom stereocenters. The summed E-state index contributed by atoms with van der Waals surface area (Å²) in [5.74, 6) is 5.43. The number of halogens is 1. The van der Waals surface area contributed by atoms with Crippen LogP contribution in [0.25, 0.3) is 11.3 Å². The van der Waals surface area contributed by atoms with Crippen LogP contribution in [0.4, 0.5) is 5.95 Å². The van der Waals surface area contributed by atoms with Gasteiger partial charge >= 0.3 is 0 Å². The van der Waals surface area contributed by atoms with Crippen LogP contribution in [0.5, 0.6) is 5.75 Å². The number of carbonyl (C=O) groups is 1. The highest BCUT2D eigenvalue weighted by Crippen LogP contribution is 2.34. The van der Waals surface area contributed by atoms with Crippen molar-refractivity contribution in [2.45, 2.75) is 13.8 Å². The number of hydrazine groups is 1. The monoisotopic (exact) mass is 365 g/mol. The number of hydrogen-bond donors (Lipinski definition) is 3. The zero-order valence-corrected chi connectivity index (χ0v) is 13.8. The highest BCUT2D eigenvalue weighted by atomic mass is 79.9. The largest absolute Gasteiger partial charge is 0.493 e. The maximum absolute atomic E-state index is 12.1. The third kappa shape index (κ3) is 3.18. The van der Waals surface area contributed by atoms with E-state index in [4.69, 9.17) is 16.3 Å². The van der Waals surface area contributed by atoms with Crippen LogP contribution in [0.1, 0.15) is 23.0 Å². The van der Waals surface area contributed by atoms with Gasteiger partial charge in [-0.1, -0.05) is 15.9 Å². The van der Waals surface area contributed by atoms with Gasteiger partial charge in [0.1, 0.15) is 5.75 Å². The number of carbonyl (C=O) groups excluding carboxylic acids is 1. The first-order valence-electron chi connectivity index (χ1n) is 6.55. The summed E-state index contributed by atoms with van der Waals surface area (Å²) in [7, 11) is 0. The van der Waals surface area contributed by atoms with Crippen molar-refractivity contribution in [3.05, 3.63) is 33.9 Å². The lowest BCUT2D eigenvalue weighted by Gasteiger charge is -2.14. The molecule has 0 aliphatic heterocycles. The topological polar surface area (TPSA) is 116 Å². The third-order valence-corrected chi connectivity index (χ3v) is 3.46. The molecule has 0 saturated heterocycles. The molecule has 5 N–H and O–H groups in total. The molecular formula is C14H16BrN5O2. The van der Waals surface area contributed by atoms with Gasteiger partial charge in [-0.25, -0.2) is 15.8 Å². The molecule has 0 spiro atoms. The number of nitrogens with one attached hydrogen (secondary N) is 1. The molecule has 0 saturated carbocycles. The molecular weight excluding hydrogens is 350 g/mol. The van der Waals surface area contributed by atoms with Crippen LogP contribution in [-0.4, -0.2) is 22.5 Å². The van der Waals surface area contributed by atoms with Gasteiger partial charge < -0.3 is 10.5 Å². The Morgan fingerprint density at radius 3 is 2.77 bits per heavy atom. The predicted molar refractivity (Wildman–Crippen MR) is 87.1 cm³/mol. The smallest absolute Gasteiger partial charge is 0.269 e. The van der Waals surface area contributed by atoms with E-state index in [1.807, 2.05) is 13.0 Å². The van der Waals surface area contributed by atoms with Crippen LogP contribution in [0.3, 0.4) is 0 Å². The lowest BCUT2D eigenvalue weighted by Crippen LogP contribution is -2.31. The van der Waals surface area contributed by atoms with Crippen molar-refractivity contribution in [1.29, 1.82) is 0 Å². The predicted octanol–water partition coefficient (Wildman–Crippen LogP) is 1.80. The maximum Gasteiger partial charge on any atom is 0.269 e. The zero-order chi connectivity index (χ0) is 16.3. The van der Waals surface area contributed by atoms with Gasteiger partial charge in [0.15, 0.2) is 0 Å². The van der Waals surface area contributed by atoms with E-state index >= 15 is 0 Å². The minimum absolute atomic E-state index is 0.0727. The van der Waals surface area contributed by atoms with Crippen LogP contribution in [0.15, 0.2) is 22.7 Å². The number of hydrogen-bond acceptors (Lipinski definition) is 6. The van der Waals surface area contributed by atoms with E-state index in [-0.39, 0.29) is 11.5 Å². The molecule has 2 rings (SSSR count). The summed E-state index contributed by atoms with van der Waals surface area (Å²) < 4.78 is 6.43. The van der Waals surface area contributed by atoms with Crippen LogP contribution in [0.2, 0.25) is 0 Å². The molecule has 0 radical (unpaired) electrons. The van der Waals surface area contributed by atoms with Gasteiger partial charge in [0.05, 0.1) is 23.6 Å². The van der Waals surface area contributed by atoms with Gasteiger partial charge in [-0.15, -0.1) is 0 Å². The third-order valence-electron chi connectivity index (χ3n) is 2.96. The molecule has 0 bridgehead atoms. The van der Waals surface area contributed by atoms with Crippen molar-refractivity contribution < 1.29 is 9.53 Å². The van der Waals surface area contributed by atoms with Crippen LogP contribution in [0, 0.1) is 6.92 Å². The number of anilines is 1. The molecule has 0 atom stereocenters. The van der Waals surface area contributed by atoms with Crippen LogP contribution < -0.4 is 21.7 Å². The Labute approximate surface area is 136 Å². The highest BCUT2D eigenvalue weighted by molar-refractivity contribution is 9.10. The zero-order valence-electron chi connectivity index (χ0n) is 12.2. The second kappa shape index (κ2) is 6.71. The number of nitrogens with zero attached hydrogens (tertiary/aromatic N) is 2. The lowest BCUT2D eigenvalue weighted by molar-refractivity contribution is 0.0953. The number of amides is 1. The van der Waals surface area contributed by atoms with Gasteiger partial charge in [-0.2, -0.15) is 0 Å². The minimum atomic E-state index is -0.491. The maximum atomic E-state index is 12.1. The first-order valence-corrected chi connectivity index (χ1v) is 7.35. The molecule has 0 aliphatic carbocycles. The van der Waals surface area contributed by atoms with Gasteiger partial charge in [0, 0.05) is 10.0 Å². The average Bonchev–Trinajstić information content (AvgIpc) is 2.47. The molecule has 1 aromatic carbocycles. The molecule has 22 heavy (non-hydrogen) atoms. The molecule has 2 aromatic rings. The average molecular weight is 366 g/mol. The number of aromatic nitrogens is 2.